The second kappa shape index (κ2) is 6.49. The molecule has 0 aliphatic carbocycles. The fraction of sp³-hybridized carbons (Fsp3) is 0.308. The minimum absolute atomic E-state index is 0.0148. The van der Waals surface area contributed by atoms with E-state index in [-0.39, 0.29) is 5.69 Å². The first-order chi connectivity index (χ1) is 9.60. The molecule has 1 N–H and O–H groups in total. The molecule has 0 atom stereocenters. The first-order valence-electron chi connectivity index (χ1n) is 6.17. The van der Waals surface area contributed by atoms with Crippen LogP contribution >= 0.6 is 11.6 Å². The van der Waals surface area contributed by atoms with Crippen LogP contribution in [0.1, 0.15) is 24.1 Å². The number of nitro groups is 1. The SMILES string of the molecule is CCc1cnc(CNCc2ccc([N+](=O)[O-])cc2Cl)o1. The van der Waals surface area contributed by atoms with Crippen LogP contribution in [0.5, 0.6) is 0 Å². The van der Waals surface area contributed by atoms with Crippen LogP contribution in [0.2, 0.25) is 5.02 Å². The Kier molecular flexibility index (Phi) is 4.70. The summed E-state index contributed by atoms with van der Waals surface area (Å²) < 4.78 is 5.46. The highest BCUT2D eigenvalue weighted by Crippen LogP contribution is 2.22. The molecule has 0 unspecified atom stereocenters. The molecule has 0 spiro atoms. The molecule has 0 radical (unpaired) electrons. The molecule has 0 fully saturated rings. The van der Waals surface area contributed by atoms with E-state index in [1.54, 1.807) is 12.3 Å². The van der Waals surface area contributed by atoms with Gasteiger partial charge in [-0.25, -0.2) is 4.98 Å². The maximum absolute atomic E-state index is 10.6. The monoisotopic (exact) mass is 295 g/mol. The van der Waals surface area contributed by atoms with Crippen molar-refractivity contribution < 1.29 is 9.34 Å². The van der Waals surface area contributed by atoms with Gasteiger partial charge >= 0.3 is 0 Å². The lowest BCUT2D eigenvalue weighted by Gasteiger charge is -2.05. The Bertz CT molecular complexity index is 613. The number of hydrogen-bond acceptors (Lipinski definition) is 5. The lowest BCUT2D eigenvalue weighted by Crippen LogP contribution is -2.13. The third-order valence-electron chi connectivity index (χ3n) is 2.79. The number of benzene rings is 1. The summed E-state index contributed by atoms with van der Waals surface area (Å²) in [6, 6.07) is 4.42. The predicted molar refractivity (Wildman–Crippen MR) is 74.5 cm³/mol. The van der Waals surface area contributed by atoms with Crippen LogP contribution in [0.25, 0.3) is 0 Å². The number of aromatic nitrogens is 1. The summed E-state index contributed by atoms with van der Waals surface area (Å²) in [5, 5.41) is 14.1. The molecule has 106 valence electrons. The fourth-order valence-corrected chi connectivity index (χ4v) is 1.93. The van der Waals surface area contributed by atoms with Gasteiger partial charge in [-0.3, -0.25) is 10.1 Å². The summed E-state index contributed by atoms with van der Waals surface area (Å²) in [6.07, 6.45) is 2.51. The molecule has 2 aromatic rings. The Balaban J connectivity index is 1.92. The average Bonchev–Trinajstić information content (AvgIpc) is 2.88. The number of rotatable bonds is 6. The van der Waals surface area contributed by atoms with Gasteiger partial charge in [-0.1, -0.05) is 18.5 Å². The molecule has 0 aliphatic rings. The van der Waals surface area contributed by atoms with Gasteiger partial charge in [0.25, 0.3) is 5.69 Å². The van der Waals surface area contributed by atoms with Crippen LogP contribution in [0.15, 0.2) is 28.8 Å². The highest BCUT2D eigenvalue weighted by Gasteiger charge is 2.09. The van der Waals surface area contributed by atoms with Gasteiger partial charge in [0, 0.05) is 25.1 Å². The van der Waals surface area contributed by atoms with Gasteiger partial charge in [0.1, 0.15) is 5.76 Å². The Morgan fingerprint density at radius 1 is 1.45 bits per heavy atom. The van der Waals surface area contributed by atoms with E-state index >= 15 is 0 Å². The zero-order valence-corrected chi connectivity index (χ0v) is 11.7. The maximum atomic E-state index is 10.6. The van der Waals surface area contributed by atoms with Crippen LogP contribution in [-0.2, 0) is 19.5 Å². The Labute approximate surface area is 120 Å². The van der Waals surface area contributed by atoms with Crippen molar-refractivity contribution in [3.63, 3.8) is 0 Å². The van der Waals surface area contributed by atoms with Gasteiger partial charge in [0.05, 0.1) is 22.7 Å². The molecule has 2 rings (SSSR count). The van der Waals surface area contributed by atoms with E-state index in [0.29, 0.717) is 24.0 Å². The molecular weight excluding hydrogens is 282 g/mol. The van der Waals surface area contributed by atoms with E-state index in [0.717, 1.165) is 17.7 Å². The summed E-state index contributed by atoms with van der Waals surface area (Å²) in [5.41, 5.74) is 0.776. The minimum atomic E-state index is -0.470. The standard InChI is InChI=1S/C13H14ClN3O3/c1-2-11-7-16-13(20-11)8-15-6-9-3-4-10(17(18)19)5-12(9)14/h3-5,7,15H,2,6,8H2,1H3. The molecule has 1 aromatic carbocycles. The predicted octanol–water partition coefficient (Wildman–Crippen LogP) is 3.09. The molecule has 0 saturated carbocycles. The number of hydrogen-bond donors (Lipinski definition) is 1. The van der Waals surface area contributed by atoms with E-state index in [1.165, 1.54) is 12.1 Å². The number of aryl methyl sites for hydroxylation is 1. The molecule has 0 saturated heterocycles. The topological polar surface area (TPSA) is 81.2 Å². The fourth-order valence-electron chi connectivity index (χ4n) is 1.69. The molecule has 1 heterocycles. The van der Waals surface area contributed by atoms with Crippen molar-refractivity contribution in [3.8, 4) is 0 Å². The van der Waals surface area contributed by atoms with E-state index in [9.17, 15) is 10.1 Å². The molecule has 1 aromatic heterocycles. The lowest BCUT2D eigenvalue weighted by atomic mass is 10.2. The molecule has 7 heteroatoms. The van der Waals surface area contributed by atoms with Crippen LogP contribution in [-0.4, -0.2) is 9.91 Å². The van der Waals surface area contributed by atoms with Gasteiger partial charge in [0.15, 0.2) is 0 Å². The van der Waals surface area contributed by atoms with Crippen molar-refractivity contribution in [2.45, 2.75) is 26.4 Å². The van der Waals surface area contributed by atoms with Gasteiger partial charge in [0.2, 0.25) is 5.89 Å². The summed E-state index contributed by atoms with van der Waals surface area (Å²) in [4.78, 5) is 14.3. The lowest BCUT2D eigenvalue weighted by molar-refractivity contribution is -0.384. The van der Waals surface area contributed by atoms with Gasteiger partial charge in [-0.2, -0.15) is 0 Å². The Hall–Kier alpha value is -1.92. The molecule has 0 aliphatic heterocycles. The number of nitro benzene ring substituents is 1. The first-order valence-corrected chi connectivity index (χ1v) is 6.55. The summed E-state index contributed by atoms with van der Waals surface area (Å²) in [7, 11) is 0. The summed E-state index contributed by atoms with van der Waals surface area (Å²) >= 11 is 6.00. The average molecular weight is 296 g/mol. The zero-order valence-electron chi connectivity index (χ0n) is 10.9. The van der Waals surface area contributed by atoms with Crippen LogP contribution in [0.3, 0.4) is 0 Å². The molecule has 20 heavy (non-hydrogen) atoms. The smallest absolute Gasteiger partial charge is 0.270 e. The number of nitrogens with zero attached hydrogens (tertiary/aromatic N) is 2. The quantitative estimate of drug-likeness (QED) is 0.654. The Morgan fingerprint density at radius 3 is 2.85 bits per heavy atom. The number of halogens is 1. The third kappa shape index (κ3) is 3.55. The van der Waals surface area contributed by atoms with Gasteiger partial charge < -0.3 is 9.73 Å². The molecule has 0 bridgehead atoms. The van der Waals surface area contributed by atoms with Crippen LogP contribution < -0.4 is 5.32 Å². The van der Waals surface area contributed by atoms with E-state index < -0.39 is 4.92 Å². The van der Waals surface area contributed by atoms with Crippen molar-refractivity contribution in [2.24, 2.45) is 0 Å². The minimum Gasteiger partial charge on any atom is -0.444 e. The number of nitrogens with one attached hydrogen (secondary N) is 1. The van der Waals surface area contributed by atoms with E-state index in [2.05, 4.69) is 10.3 Å². The maximum Gasteiger partial charge on any atom is 0.270 e. The van der Waals surface area contributed by atoms with Crippen molar-refractivity contribution in [3.05, 3.63) is 56.7 Å². The molecule has 6 nitrogen and oxygen atoms in total. The number of oxazole rings is 1. The molecular formula is C13H14ClN3O3. The second-order valence-electron chi connectivity index (χ2n) is 4.21. The van der Waals surface area contributed by atoms with Gasteiger partial charge in [-0.05, 0) is 11.6 Å². The van der Waals surface area contributed by atoms with Crippen LogP contribution in [0, 0.1) is 10.1 Å². The second-order valence-corrected chi connectivity index (χ2v) is 4.62. The van der Waals surface area contributed by atoms with Crippen LogP contribution in [0.4, 0.5) is 5.69 Å². The van der Waals surface area contributed by atoms with E-state index in [1.807, 2.05) is 6.92 Å². The zero-order chi connectivity index (χ0) is 14.5. The largest absolute Gasteiger partial charge is 0.444 e. The highest BCUT2D eigenvalue weighted by atomic mass is 35.5. The Morgan fingerprint density at radius 2 is 2.25 bits per heavy atom. The normalized spacial score (nSPS) is 10.7. The first kappa shape index (κ1) is 14.5. The van der Waals surface area contributed by atoms with Gasteiger partial charge in [-0.15, -0.1) is 0 Å². The summed E-state index contributed by atoms with van der Waals surface area (Å²) in [5.74, 6) is 1.45. The van der Waals surface area contributed by atoms with Crippen molar-refractivity contribution in [1.82, 2.24) is 10.3 Å². The van der Waals surface area contributed by atoms with Crippen molar-refractivity contribution in [1.29, 1.82) is 0 Å². The van der Waals surface area contributed by atoms with Crippen molar-refractivity contribution in [2.75, 3.05) is 0 Å². The third-order valence-corrected chi connectivity index (χ3v) is 3.14. The summed E-state index contributed by atoms with van der Waals surface area (Å²) in [6.45, 7) is 2.96. The molecule has 0 amide bonds. The van der Waals surface area contributed by atoms with Crippen molar-refractivity contribution >= 4 is 17.3 Å². The van der Waals surface area contributed by atoms with E-state index in [4.69, 9.17) is 16.0 Å². The number of non-ortho nitro benzene ring substituents is 1. The highest BCUT2D eigenvalue weighted by molar-refractivity contribution is 6.31.